The molecule has 0 radical (unpaired) electrons. The zero-order valence-corrected chi connectivity index (χ0v) is 34.8. The van der Waals surface area contributed by atoms with E-state index in [4.69, 9.17) is 23.9 Å². The third-order valence-electron chi connectivity index (χ3n) is 7.78. The molecule has 0 spiro atoms. The van der Waals surface area contributed by atoms with Gasteiger partial charge in [0, 0.05) is 36.5 Å². The van der Waals surface area contributed by atoms with Crippen LogP contribution in [0.3, 0.4) is 0 Å². The van der Waals surface area contributed by atoms with Crippen LogP contribution in [-0.4, -0.2) is 52.1 Å². The van der Waals surface area contributed by atoms with Gasteiger partial charge in [0.05, 0.1) is 23.8 Å². The van der Waals surface area contributed by atoms with E-state index in [0.29, 0.717) is 56.6 Å². The smallest absolute Gasteiger partial charge is 0.460 e. The first-order chi connectivity index (χ1) is 28.1. The molecular formula is C46H39IrN4O8. The van der Waals surface area contributed by atoms with Gasteiger partial charge in [-0.2, -0.15) is 0 Å². The summed E-state index contributed by atoms with van der Waals surface area (Å²) in [5.41, 5.74) is 5.76. The van der Waals surface area contributed by atoms with Gasteiger partial charge in [0.2, 0.25) is 0 Å². The fraction of sp³-hybridized carbons (Fsp3) is 0.152. The van der Waals surface area contributed by atoms with Crippen molar-refractivity contribution in [3.8, 4) is 62.3 Å². The fourth-order valence-corrected chi connectivity index (χ4v) is 4.94. The number of amides is 1. The predicted octanol–water partition coefficient (Wildman–Crippen LogP) is 8.46. The molecule has 6 aromatic rings. The maximum atomic E-state index is 11.9. The number of ether oxygens (including phenoxy) is 4. The Balaban J connectivity index is 0.000000272. The summed E-state index contributed by atoms with van der Waals surface area (Å²) in [6.07, 6.45) is 3.28. The second-order valence-corrected chi connectivity index (χ2v) is 12.2. The summed E-state index contributed by atoms with van der Waals surface area (Å²) in [6, 6.07) is 39.7. The minimum Gasteiger partial charge on any atom is -0.460 e. The van der Waals surface area contributed by atoms with E-state index in [9.17, 15) is 19.2 Å². The van der Waals surface area contributed by atoms with Crippen LogP contribution in [-0.2, 0) is 39.2 Å². The summed E-state index contributed by atoms with van der Waals surface area (Å²) in [5.74, 6) is 0.0567. The quantitative estimate of drug-likeness (QED) is 0.0390. The molecule has 0 unspecified atom stereocenters. The average Bonchev–Trinajstić information content (AvgIpc) is 3.26. The number of pyridine rings is 3. The number of hydrogen-bond donors (Lipinski definition) is 1. The largest absolute Gasteiger partial charge is 3.00 e. The van der Waals surface area contributed by atoms with Gasteiger partial charge in [-0.15, -0.1) is 65.7 Å². The van der Waals surface area contributed by atoms with Crippen LogP contribution in [0.1, 0.15) is 33.6 Å². The molecule has 300 valence electrons. The van der Waals surface area contributed by atoms with Crippen LogP contribution in [0.5, 0.6) is 17.2 Å². The fourth-order valence-electron chi connectivity index (χ4n) is 4.94. The third-order valence-corrected chi connectivity index (χ3v) is 7.78. The molecule has 0 aliphatic carbocycles. The van der Waals surface area contributed by atoms with Crippen molar-refractivity contribution >= 4 is 24.0 Å². The van der Waals surface area contributed by atoms with Crippen LogP contribution in [0.25, 0.3) is 45.0 Å². The molecule has 0 saturated carbocycles. The van der Waals surface area contributed by atoms with Crippen molar-refractivity contribution in [2.45, 2.75) is 33.6 Å². The maximum absolute atomic E-state index is 11.9. The molecule has 1 amide bonds. The Morgan fingerprint density at radius 1 is 0.644 bits per heavy atom. The number of nitrogens with zero attached hydrogens (tertiary/aromatic N) is 3. The Kier molecular flexibility index (Phi) is 17.3. The van der Waals surface area contributed by atoms with Crippen molar-refractivity contribution in [2.75, 3.05) is 13.2 Å². The van der Waals surface area contributed by atoms with Gasteiger partial charge in [-0.1, -0.05) is 86.2 Å². The van der Waals surface area contributed by atoms with Gasteiger partial charge in [0.1, 0.15) is 6.61 Å². The molecule has 6 rings (SSSR count). The van der Waals surface area contributed by atoms with Crippen molar-refractivity contribution in [1.29, 1.82) is 0 Å². The van der Waals surface area contributed by atoms with Gasteiger partial charge in [0.15, 0.2) is 0 Å². The molecular weight excluding hydrogens is 929 g/mol. The first-order valence-corrected chi connectivity index (χ1v) is 18.2. The predicted molar refractivity (Wildman–Crippen MR) is 216 cm³/mol. The minimum atomic E-state index is -0.639. The maximum Gasteiger partial charge on any atom is 3.00 e. The Bertz CT molecular complexity index is 2370. The molecule has 0 atom stereocenters. The molecule has 12 nitrogen and oxygen atoms in total. The number of hydrogen-bond acceptors (Lipinski definition) is 11. The van der Waals surface area contributed by atoms with Crippen LogP contribution < -0.4 is 19.5 Å². The minimum absolute atomic E-state index is 0. The second-order valence-electron chi connectivity index (χ2n) is 12.2. The summed E-state index contributed by atoms with van der Waals surface area (Å²) in [6.45, 7) is 8.68. The molecule has 0 bridgehead atoms. The summed E-state index contributed by atoms with van der Waals surface area (Å²) >= 11 is 0. The Morgan fingerprint density at radius 3 is 1.69 bits per heavy atom. The van der Waals surface area contributed by atoms with E-state index in [2.05, 4.69) is 40.1 Å². The van der Waals surface area contributed by atoms with E-state index in [1.807, 2.05) is 54.6 Å². The molecule has 0 saturated heterocycles. The summed E-state index contributed by atoms with van der Waals surface area (Å²) in [4.78, 5) is 59.9. The Hall–Kier alpha value is -6.82. The standard InChI is InChI=1S/C28H22N2O4.C18H17N2O4.Ir/c1-3-27(31)33-22-10-7-9-19(16-22)25-12-8-13-26(30-25)21-15-20(24-11-5-6-14-29-24)17-23(18-21)34-28(32)4-2;1-13(2)17(21)23-11-10-20-18(22)24-15-7-5-6-14(12-15)16-8-3-4-9-19-16;/h5-8,10-14,16-18H,3-4H2,1-2H3;3-5,7-9,12H,1,10-11H2,2H3,(H,20,22);/q-2;-1;+3. The van der Waals surface area contributed by atoms with Gasteiger partial charge in [-0.3, -0.25) is 14.6 Å². The van der Waals surface area contributed by atoms with E-state index in [0.717, 1.165) is 11.3 Å². The first kappa shape index (κ1) is 44.9. The number of benzene rings is 3. The number of carbonyl (C=O) groups is 4. The molecule has 3 aromatic carbocycles. The summed E-state index contributed by atoms with van der Waals surface area (Å²) in [5, 5.41) is 2.49. The number of esters is 3. The Labute approximate surface area is 356 Å². The van der Waals surface area contributed by atoms with Gasteiger partial charge < -0.3 is 34.2 Å². The van der Waals surface area contributed by atoms with E-state index >= 15 is 0 Å². The second kappa shape index (κ2) is 22.8. The number of aromatic nitrogens is 3. The monoisotopic (exact) mass is 968 g/mol. The summed E-state index contributed by atoms with van der Waals surface area (Å²) in [7, 11) is 0. The van der Waals surface area contributed by atoms with E-state index in [1.54, 1.807) is 81.7 Å². The van der Waals surface area contributed by atoms with Crippen LogP contribution in [0.2, 0.25) is 0 Å². The molecule has 0 aliphatic rings. The van der Waals surface area contributed by atoms with Crippen molar-refractivity contribution < 1.29 is 58.2 Å². The number of rotatable bonds is 13. The molecule has 59 heavy (non-hydrogen) atoms. The van der Waals surface area contributed by atoms with Crippen molar-refractivity contribution in [1.82, 2.24) is 20.3 Å². The topological polar surface area (TPSA) is 156 Å². The van der Waals surface area contributed by atoms with Gasteiger partial charge in [0.25, 0.3) is 0 Å². The first-order valence-electron chi connectivity index (χ1n) is 18.2. The number of carbonyl (C=O) groups excluding carboxylic acids is 4. The van der Waals surface area contributed by atoms with Crippen molar-refractivity contribution in [3.05, 3.63) is 146 Å². The normalized spacial score (nSPS) is 10.1. The molecule has 1 N–H and O–H groups in total. The van der Waals surface area contributed by atoms with Crippen molar-refractivity contribution in [2.24, 2.45) is 0 Å². The van der Waals surface area contributed by atoms with Crippen LogP contribution >= 0.6 is 0 Å². The molecule has 13 heteroatoms. The van der Waals surface area contributed by atoms with E-state index in [-0.39, 0.29) is 58.0 Å². The molecule has 0 aliphatic heterocycles. The SMILES string of the molecule is C=C(C)C(=O)OCCNC(=O)Oc1cc[c-]c(-c2ccccn2)c1.CCC(=O)Oc1cc[c-]c(-c2cccc(-c3[c-]c(-c4ccccn4)cc(OC(=O)CC)c3)n2)c1.[Ir+3]. The Morgan fingerprint density at radius 2 is 1.14 bits per heavy atom. The van der Waals surface area contributed by atoms with Gasteiger partial charge >= 0.3 is 44.1 Å². The molecule has 3 heterocycles. The summed E-state index contributed by atoms with van der Waals surface area (Å²) < 4.78 is 20.9. The van der Waals surface area contributed by atoms with Gasteiger partial charge in [-0.25, -0.2) is 9.59 Å². The van der Waals surface area contributed by atoms with E-state index in [1.165, 1.54) is 0 Å². The van der Waals surface area contributed by atoms with Gasteiger partial charge in [-0.05, 0) is 36.1 Å². The number of nitrogens with one attached hydrogen (secondary N) is 1. The molecule has 0 fully saturated rings. The van der Waals surface area contributed by atoms with E-state index < -0.39 is 12.1 Å². The zero-order valence-electron chi connectivity index (χ0n) is 32.4. The average molecular weight is 968 g/mol. The van der Waals surface area contributed by atoms with Crippen LogP contribution in [0, 0.1) is 18.2 Å². The molecule has 3 aromatic heterocycles. The zero-order chi connectivity index (χ0) is 41.3. The van der Waals surface area contributed by atoms with Crippen molar-refractivity contribution in [3.63, 3.8) is 0 Å². The van der Waals surface area contributed by atoms with Crippen LogP contribution in [0.15, 0.2) is 128 Å². The van der Waals surface area contributed by atoms with Crippen LogP contribution in [0.4, 0.5) is 4.79 Å². The third kappa shape index (κ3) is 14.0.